The lowest BCUT2D eigenvalue weighted by Gasteiger charge is -2.23. The van der Waals surface area contributed by atoms with Crippen LogP contribution in [-0.4, -0.2) is 21.8 Å². The number of rotatable bonds is 5. The van der Waals surface area contributed by atoms with E-state index in [9.17, 15) is 4.79 Å². The number of nitrogens with one attached hydrogen (secondary N) is 1. The van der Waals surface area contributed by atoms with Crippen LogP contribution in [0.5, 0.6) is 0 Å². The summed E-state index contributed by atoms with van der Waals surface area (Å²) in [6.07, 6.45) is 4.59. The van der Waals surface area contributed by atoms with Crippen LogP contribution in [0.1, 0.15) is 24.0 Å². The molecule has 1 amide bonds. The molecule has 1 N–H and O–H groups in total. The summed E-state index contributed by atoms with van der Waals surface area (Å²) in [6, 6.07) is 16.3. The number of nitrogens with zero attached hydrogens (tertiary/aromatic N) is 1. The van der Waals surface area contributed by atoms with Gasteiger partial charge < -0.3 is 9.88 Å². The topological polar surface area (TPSA) is 36.1 Å². The van der Waals surface area contributed by atoms with Gasteiger partial charge in [-0.2, -0.15) is 0 Å². The number of benzene rings is 2. The maximum Gasteiger partial charge on any atom is 0.227 e. The van der Waals surface area contributed by atoms with Crippen molar-refractivity contribution in [3.63, 3.8) is 0 Å². The molecule has 4 rings (SSSR count). The second-order valence-corrected chi connectivity index (χ2v) is 6.89. The molecular weight excluding hydrogens is 320 g/mol. The number of carbonyl (C=O) groups excluding carboxylic acids is 1. The van der Waals surface area contributed by atoms with E-state index in [1.807, 2.05) is 35.4 Å². The van der Waals surface area contributed by atoms with E-state index in [4.69, 9.17) is 11.6 Å². The van der Waals surface area contributed by atoms with Crippen molar-refractivity contribution in [2.75, 3.05) is 0 Å². The Kier molecular flexibility index (Phi) is 4.03. The fourth-order valence-electron chi connectivity index (χ4n) is 3.08. The van der Waals surface area contributed by atoms with Crippen LogP contribution in [-0.2, 0) is 17.8 Å². The lowest BCUT2D eigenvalue weighted by molar-refractivity contribution is -0.131. The van der Waals surface area contributed by atoms with Gasteiger partial charge in [0.2, 0.25) is 5.91 Å². The number of hydrogen-bond donors (Lipinski definition) is 1. The third-order valence-electron chi connectivity index (χ3n) is 4.55. The Morgan fingerprint density at radius 3 is 2.58 bits per heavy atom. The maximum absolute atomic E-state index is 12.8. The number of carbonyl (C=O) groups is 1. The summed E-state index contributed by atoms with van der Waals surface area (Å²) in [4.78, 5) is 18.0. The molecule has 1 aliphatic rings. The Morgan fingerprint density at radius 1 is 1.08 bits per heavy atom. The van der Waals surface area contributed by atoms with Gasteiger partial charge in [0, 0.05) is 29.3 Å². The van der Waals surface area contributed by atoms with Crippen molar-refractivity contribution < 1.29 is 4.79 Å². The van der Waals surface area contributed by atoms with Gasteiger partial charge >= 0.3 is 0 Å². The van der Waals surface area contributed by atoms with Crippen LogP contribution in [0.2, 0.25) is 5.02 Å². The summed E-state index contributed by atoms with van der Waals surface area (Å²) in [5.41, 5.74) is 3.32. The lowest BCUT2D eigenvalue weighted by atomic mass is 10.1. The Morgan fingerprint density at radius 2 is 1.83 bits per heavy atom. The summed E-state index contributed by atoms with van der Waals surface area (Å²) in [5, 5.41) is 1.89. The minimum absolute atomic E-state index is 0.189. The number of aromatic amines is 1. The molecule has 2 aromatic carbocycles. The molecule has 1 aliphatic carbocycles. The first-order valence-corrected chi connectivity index (χ1v) is 8.67. The van der Waals surface area contributed by atoms with E-state index in [0.717, 1.165) is 23.9 Å². The van der Waals surface area contributed by atoms with Crippen molar-refractivity contribution >= 4 is 28.4 Å². The highest BCUT2D eigenvalue weighted by molar-refractivity contribution is 6.30. The second kappa shape index (κ2) is 6.33. The quantitative estimate of drug-likeness (QED) is 0.727. The molecule has 1 aromatic heterocycles. The first kappa shape index (κ1) is 15.3. The Bertz CT molecular complexity index is 865. The summed E-state index contributed by atoms with van der Waals surface area (Å²) < 4.78 is 0. The molecular formula is C20H19ClN2O. The van der Waals surface area contributed by atoms with Crippen molar-refractivity contribution in [3.8, 4) is 0 Å². The van der Waals surface area contributed by atoms with E-state index >= 15 is 0 Å². The highest BCUT2D eigenvalue weighted by Crippen LogP contribution is 2.29. The molecule has 0 aliphatic heterocycles. The molecule has 24 heavy (non-hydrogen) atoms. The van der Waals surface area contributed by atoms with Gasteiger partial charge in [-0.25, -0.2) is 0 Å². The molecule has 3 nitrogen and oxygen atoms in total. The van der Waals surface area contributed by atoms with E-state index in [0.29, 0.717) is 24.0 Å². The van der Waals surface area contributed by atoms with E-state index < -0.39 is 0 Å². The SMILES string of the molecule is O=C(Cc1ccc(Cl)cc1)N(Cc1ccc2[nH]ccc2c1)C1CC1. The van der Waals surface area contributed by atoms with Gasteiger partial charge in [-0.05, 0) is 59.7 Å². The zero-order valence-electron chi connectivity index (χ0n) is 13.3. The third-order valence-corrected chi connectivity index (χ3v) is 4.80. The molecule has 3 aromatic rings. The summed E-state index contributed by atoms with van der Waals surface area (Å²) >= 11 is 5.92. The molecule has 0 unspecified atom stereocenters. The fourth-order valence-corrected chi connectivity index (χ4v) is 3.21. The largest absolute Gasteiger partial charge is 0.361 e. The number of aromatic nitrogens is 1. The zero-order valence-corrected chi connectivity index (χ0v) is 14.1. The number of amides is 1. The van der Waals surface area contributed by atoms with E-state index in [1.54, 1.807) is 0 Å². The standard InChI is InChI=1S/C20H19ClN2O/c21-17-4-1-14(2-5-17)12-20(24)23(18-6-7-18)13-15-3-8-19-16(11-15)9-10-22-19/h1-5,8-11,18,22H,6-7,12-13H2. The van der Waals surface area contributed by atoms with Crippen LogP contribution in [0.4, 0.5) is 0 Å². The predicted molar refractivity (Wildman–Crippen MR) is 97.0 cm³/mol. The number of fused-ring (bicyclic) bond motifs is 1. The first-order chi connectivity index (χ1) is 11.7. The molecule has 0 bridgehead atoms. The van der Waals surface area contributed by atoms with Crippen LogP contribution in [0.3, 0.4) is 0 Å². The smallest absolute Gasteiger partial charge is 0.227 e. The average Bonchev–Trinajstić information content (AvgIpc) is 3.31. The van der Waals surface area contributed by atoms with Crippen molar-refractivity contribution in [3.05, 3.63) is 70.9 Å². The summed E-state index contributed by atoms with van der Waals surface area (Å²) in [5.74, 6) is 0.189. The minimum Gasteiger partial charge on any atom is -0.361 e. The molecule has 0 radical (unpaired) electrons. The molecule has 122 valence electrons. The van der Waals surface area contributed by atoms with Gasteiger partial charge in [0.15, 0.2) is 0 Å². The van der Waals surface area contributed by atoms with Crippen LogP contribution in [0.25, 0.3) is 10.9 Å². The third kappa shape index (κ3) is 3.31. The maximum atomic E-state index is 12.8. The van der Waals surface area contributed by atoms with Crippen LogP contribution < -0.4 is 0 Å². The molecule has 1 saturated carbocycles. The van der Waals surface area contributed by atoms with Gasteiger partial charge in [0.1, 0.15) is 0 Å². The Labute approximate surface area is 146 Å². The minimum atomic E-state index is 0.189. The van der Waals surface area contributed by atoms with Crippen molar-refractivity contribution in [1.82, 2.24) is 9.88 Å². The van der Waals surface area contributed by atoms with Gasteiger partial charge in [-0.3, -0.25) is 4.79 Å². The van der Waals surface area contributed by atoms with Gasteiger partial charge in [0.05, 0.1) is 6.42 Å². The molecule has 0 atom stereocenters. The highest BCUT2D eigenvalue weighted by atomic mass is 35.5. The fraction of sp³-hybridized carbons (Fsp3) is 0.250. The normalized spacial score (nSPS) is 14.0. The highest BCUT2D eigenvalue weighted by Gasteiger charge is 2.32. The van der Waals surface area contributed by atoms with E-state index in [2.05, 4.69) is 29.2 Å². The van der Waals surface area contributed by atoms with Gasteiger partial charge in [-0.1, -0.05) is 29.8 Å². The van der Waals surface area contributed by atoms with Gasteiger partial charge in [-0.15, -0.1) is 0 Å². The summed E-state index contributed by atoms with van der Waals surface area (Å²) in [7, 11) is 0. The number of H-pyrrole nitrogens is 1. The molecule has 4 heteroatoms. The number of halogens is 1. The van der Waals surface area contributed by atoms with Crippen LogP contribution >= 0.6 is 11.6 Å². The van der Waals surface area contributed by atoms with Crippen molar-refractivity contribution in [2.45, 2.75) is 31.8 Å². The van der Waals surface area contributed by atoms with E-state index in [-0.39, 0.29) is 5.91 Å². The lowest BCUT2D eigenvalue weighted by Crippen LogP contribution is -2.33. The molecule has 1 heterocycles. The van der Waals surface area contributed by atoms with Crippen LogP contribution in [0, 0.1) is 0 Å². The average molecular weight is 339 g/mol. The molecule has 0 saturated heterocycles. The van der Waals surface area contributed by atoms with E-state index in [1.165, 1.54) is 10.9 Å². The Balaban J connectivity index is 1.51. The monoisotopic (exact) mass is 338 g/mol. The summed E-state index contributed by atoms with van der Waals surface area (Å²) in [6.45, 7) is 0.679. The number of hydrogen-bond acceptors (Lipinski definition) is 1. The molecule has 0 spiro atoms. The second-order valence-electron chi connectivity index (χ2n) is 6.46. The van der Waals surface area contributed by atoms with Crippen LogP contribution in [0.15, 0.2) is 54.7 Å². The van der Waals surface area contributed by atoms with Gasteiger partial charge in [0.25, 0.3) is 0 Å². The molecule has 1 fully saturated rings. The predicted octanol–water partition coefficient (Wildman–Crippen LogP) is 4.56. The zero-order chi connectivity index (χ0) is 16.5. The Hall–Kier alpha value is -2.26. The first-order valence-electron chi connectivity index (χ1n) is 8.29. The van der Waals surface area contributed by atoms with Crippen molar-refractivity contribution in [1.29, 1.82) is 0 Å². The van der Waals surface area contributed by atoms with Crippen molar-refractivity contribution in [2.24, 2.45) is 0 Å².